The van der Waals surface area contributed by atoms with Gasteiger partial charge in [0.25, 0.3) is 0 Å². The Kier molecular flexibility index (Phi) is 11.4. The first-order chi connectivity index (χ1) is 16.7. The number of rotatable bonds is 4. The molecule has 0 saturated carbocycles. The predicted octanol–water partition coefficient (Wildman–Crippen LogP) is 7.36. The Bertz CT molecular complexity index is 1240. The van der Waals surface area contributed by atoms with Crippen molar-refractivity contribution in [3.8, 4) is 11.1 Å². The van der Waals surface area contributed by atoms with E-state index in [1.54, 1.807) is 0 Å². The van der Waals surface area contributed by atoms with Crippen molar-refractivity contribution < 1.29 is 41.7 Å². The summed E-state index contributed by atoms with van der Waals surface area (Å²) < 4.78 is 58.9. The zero-order chi connectivity index (χ0) is 25.9. The fourth-order valence-corrected chi connectivity index (χ4v) is 2.97. The van der Waals surface area contributed by atoms with Crippen LogP contribution in [0.5, 0.6) is 0 Å². The van der Waals surface area contributed by atoms with Gasteiger partial charge in [-0.3, -0.25) is 0 Å². The Labute approximate surface area is 223 Å². The third-order valence-corrected chi connectivity index (χ3v) is 4.94. The number of hydrogen-bond acceptors (Lipinski definition) is 4. The van der Waals surface area contributed by atoms with Crippen molar-refractivity contribution >= 4 is 46.7 Å². The molecule has 0 aliphatic rings. The van der Waals surface area contributed by atoms with E-state index in [4.69, 9.17) is 13.0 Å². The Hall–Kier alpha value is -2.23. The van der Waals surface area contributed by atoms with Gasteiger partial charge in [0, 0.05) is 11.4 Å². The normalized spacial score (nSPS) is 10.8. The van der Waals surface area contributed by atoms with Crippen LogP contribution in [0.1, 0.15) is 0 Å². The van der Waals surface area contributed by atoms with Crippen molar-refractivity contribution in [2.45, 2.75) is 5.51 Å². The second kappa shape index (κ2) is 13.8. The van der Waals surface area contributed by atoms with Crippen molar-refractivity contribution in [2.75, 3.05) is 4.90 Å². The summed E-state index contributed by atoms with van der Waals surface area (Å²) in [6, 6.07) is 41.7. The molecule has 0 N–H and O–H groups in total. The third kappa shape index (κ3) is 8.44. The van der Waals surface area contributed by atoms with Crippen LogP contribution in [0, 0.1) is 12.1 Å². The van der Waals surface area contributed by atoms with Gasteiger partial charge in [-0.15, -0.1) is 42.0 Å². The molecule has 0 amide bonds. The van der Waals surface area contributed by atoms with E-state index in [2.05, 4.69) is 93.3 Å². The molecule has 0 atom stereocenters. The molecule has 0 unspecified atom stereocenters. The molecule has 0 fully saturated rings. The Balaban J connectivity index is 0.000000371. The van der Waals surface area contributed by atoms with Crippen LogP contribution in [0.3, 0.4) is 0 Å². The molecular weight excluding hydrogens is 685 g/mol. The SMILES string of the molecule is O=S(=O)([O-])C(F)(F)F.[Pd+][I].[c-]1ccccc1-c1ccccc1N(c1[c-]cccc1)c1ccccc1. The Morgan fingerprint density at radius 3 is 1.80 bits per heavy atom. The first-order valence-corrected chi connectivity index (χ1v) is 15.7. The predicted molar refractivity (Wildman–Crippen MR) is 134 cm³/mol. The molecule has 0 radical (unpaired) electrons. The summed E-state index contributed by atoms with van der Waals surface area (Å²) in [7, 11) is -6.09. The molecule has 0 saturated heterocycles. The van der Waals surface area contributed by atoms with Gasteiger partial charge in [-0.1, -0.05) is 47.6 Å². The zero-order valence-electron chi connectivity index (χ0n) is 17.7. The number of alkyl halides is 3. The van der Waals surface area contributed by atoms with Crippen LogP contribution >= 0.6 is 19.5 Å². The van der Waals surface area contributed by atoms with Gasteiger partial charge in [-0.2, -0.15) is 37.4 Å². The number of halogens is 4. The van der Waals surface area contributed by atoms with Gasteiger partial charge in [-0.05, 0) is 18.2 Å². The molecule has 4 rings (SSSR count). The van der Waals surface area contributed by atoms with Gasteiger partial charge >= 0.3 is 40.6 Å². The summed E-state index contributed by atoms with van der Waals surface area (Å²) in [5, 5.41) is 0. The monoisotopic (exact) mass is 701 g/mol. The molecule has 10 heteroatoms. The van der Waals surface area contributed by atoms with Crippen molar-refractivity contribution in [1.29, 1.82) is 0 Å². The topological polar surface area (TPSA) is 60.4 Å². The summed E-state index contributed by atoms with van der Waals surface area (Å²) in [6.07, 6.45) is 0. The van der Waals surface area contributed by atoms with Crippen molar-refractivity contribution in [2.24, 2.45) is 0 Å². The molecule has 4 aromatic carbocycles. The minimum Gasteiger partial charge on any atom is -0.342 e. The molecule has 4 nitrogen and oxygen atoms in total. The van der Waals surface area contributed by atoms with E-state index in [1.807, 2.05) is 62.0 Å². The maximum absolute atomic E-state index is 10.7. The van der Waals surface area contributed by atoms with E-state index in [0.717, 1.165) is 28.2 Å². The van der Waals surface area contributed by atoms with Crippen LogP contribution in [0.15, 0.2) is 103 Å². The summed E-state index contributed by atoms with van der Waals surface area (Å²) in [6.45, 7) is 0. The number of para-hydroxylation sites is 3. The van der Waals surface area contributed by atoms with Crippen molar-refractivity contribution in [3.05, 3.63) is 115 Å². The molecule has 0 aromatic heterocycles. The minimum atomic E-state index is -6.09. The molecule has 0 heterocycles. The quantitative estimate of drug-likeness (QED) is 0.0734. The smallest absolute Gasteiger partial charge is 0.0431 e. The molecule has 0 aliphatic heterocycles. The van der Waals surface area contributed by atoms with E-state index in [9.17, 15) is 13.2 Å². The van der Waals surface area contributed by atoms with E-state index in [0.29, 0.717) is 0 Å². The number of hydrogen-bond donors (Lipinski definition) is 0. The van der Waals surface area contributed by atoms with Gasteiger partial charge in [-0.25, -0.2) is 8.42 Å². The molecule has 186 valence electrons. The summed E-state index contributed by atoms with van der Waals surface area (Å²) >= 11 is 4.72. The number of nitrogens with zero attached hydrogens (tertiary/aromatic N) is 1. The molecule has 0 bridgehead atoms. The largest absolute Gasteiger partial charge is 0.342 e. The molecule has 4 aromatic rings. The van der Waals surface area contributed by atoms with Crippen LogP contribution in [0.2, 0.25) is 0 Å². The van der Waals surface area contributed by atoms with Gasteiger partial charge in [0.2, 0.25) is 0 Å². The van der Waals surface area contributed by atoms with E-state index < -0.39 is 15.6 Å². The van der Waals surface area contributed by atoms with Crippen LogP contribution < -0.4 is 4.90 Å². The van der Waals surface area contributed by atoms with Gasteiger partial charge in [0.05, 0.1) is 0 Å². The first kappa shape index (κ1) is 29.0. The van der Waals surface area contributed by atoms with E-state index in [-0.39, 0.29) is 0 Å². The third-order valence-electron chi connectivity index (χ3n) is 4.38. The molecule has 0 spiro atoms. The van der Waals surface area contributed by atoms with Crippen LogP contribution in [-0.4, -0.2) is 18.5 Å². The Morgan fingerprint density at radius 1 is 0.771 bits per heavy atom. The van der Waals surface area contributed by atoms with Gasteiger partial charge in [0.15, 0.2) is 10.1 Å². The second-order valence-corrected chi connectivity index (χ2v) is 7.98. The maximum atomic E-state index is 10.7. The number of benzene rings is 4. The second-order valence-electron chi connectivity index (χ2n) is 6.61. The molecule has 35 heavy (non-hydrogen) atoms. The zero-order valence-corrected chi connectivity index (χ0v) is 22.3. The molecule has 0 aliphatic carbocycles. The average molecular weight is 702 g/mol. The van der Waals surface area contributed by atoms with Crippen molar-refractivity contribution in [3.63, 3.8) is 0 Å². The van der Waals surface area contributed by atoms with E-state index in [1.165, 1.54) is 0 Å². The van der Waals surface area contributed by atoms with Gasteiger partial charge < -0.3 is 9.45 Å². The van der Waals surface area contributed by atoms with Crippen LogP contribution in [-0.2, 0) is 25.7 Å². The standard InChI is InChI=1S/C24H17N.CHF3O3S.HI.Pd/c1-4-12-20(13-5-1)23-18-10-11-19-24(23)25(21-14-6-2-7-15-21)22-16-8-3-9-17-22;2-1(3,4)8(5,6)7;;/h1-12,14-16,18-19H;(H,5,6,7);1H;/q-2;;;+2/p-2. The number of anilines is 3. The van der Waals surface area contributed by atoms with Crippen molar-refractivity contribution in [1.82, 2.24) is 0 Å². The molecular formula is C25H17F3INO3PdS-2. The average Bonchev–Trinajstić information content (AvgIpc) is 2.87. The summed E-state index contributed by atoms with van der Waals surface area (Å²) in [4.78, 5) is 2.23. The fraction of sp³-hybridized carbons (Fsp3) is 0.0400. The van der Waals surface area contributed by atoms with Crippen LogP contribution in [0.4, 0.5) is 30.2 Å². The fourth-order valence-electron chi connectivity index (χ4n) is 2.97. The van der Waals surface area contributed by atoms with Crippen LogP contribution in [0.25, 0.3) is 11.1 Å². The maximum Gasteiger partial charge on any atom is 0.0431 e. The minimum absolute atomic E-state index is 1.01. The Morgan fingerprint density at radius 2 is 1.29 bits per heavy atom. The summed E-state index contributed by atoms with van der Waals surface area (Å²) in [5.41, 5.74) is -0.198. The first-order valence-electron chi connectivity index (χ1n) is 9.70. The van der Waals surface area contributed by atoms with E-state index >= 15 is 0 Å². The van der Waals surface area contributed by atoms with Gasteiger partial charge in [0.1, 0.15) is 0 Å². The summed E-state index contributed by atoms with van der Waals surface area (Å²) in [5.74, 6) is 0.